The third-order valence-corrected chi connectivity index (χ3v) is 4.16. The van der Waals surface area contributed by atoms with Crippen LogP contribution in [0.1, 0.15) is 19.2 Å². The molecular formula is C19H19N3O2. The average Bonchev–Trinajstić information content (AvgIpc) is 3.08. The van der Waals surface area contributed by atoms with Crippen LogP contribution in [0.3, 0.4) is 0 Å². The molecule has 4 rings (SSSR count). The SMILES string of the molecule is CCCc1nc(N(C)c2ccc3c(c2)OCO3)c2ccccc2n1. The van der Waals surface area contributed by atoms with E-state index in [9.17, 15) is 0 Å². The van der Waals surface area contributed by atoms with Crippen LogP contribution in [0.15, 0.2) is 42.5 Å². The van der Waals surface area contributed by atoms with Gasteiger partial charge in [-0.25, -0.2) is 9.97 Å². The van der Waals surface area contributed by atoms with Crippen LogP contribution < -0.4 is 14.4 Å². The quantitative estimate of drug-likeness (QED) is 0.724. The summed E-state index contributed by atoms with van der Waals surface area (Å²) in [6.45, 7) is 2.42. The highest BCUT2D eigenvalue weighted by atomic mass is 16.7. The number of hydrogen-bond donors (Lipinski definition) is 0. The maximum atomic E-state index is 5.49. The molecule has 0 bridgehead atoms. The number of para-hydroxylation sites is 1. The fourth-order valence-corrected chi connectivity index (χ4v) is 2.91. The Morgan fingerprint density at radius 1 is 1.04 bits per heavy atom. The first-order valence-corrected chi connectivity index (χ1v) is 8.15. The second kappa shape index (κ2) is 6.00. The van der Waals surface area contributed by atoms with E-state index in [-0.39, 0.29) is 6.79 Å². The van der Waals surface area contributed by atoms with Gasteiger partial charge in [0.2, 0.25) is 6.79 Å². The minimum atomic E-state index is 0.277. The number of fused-ring (bicyclic) bond motifs is 2. The van der Waals surface area contributed by atoms with Gasteiger partial charge >= 0.3 is 0 Å². The molecule has 2 heterocycles. The molecule has 1 aromatic heterocycles. The van der Waals surface area contributed by atoms with Gasteiger partial charge in [-0.2, -0.15) is 0 Å². The Morgan fingerprint density at radius 2 is 1.88 bits per heavy atom. The van der Waals surface area contributed by atoms with E-state index in [0.717, 1.165) is 52.6 Å². The fourth-order valence-electron chi connectivity index (χ4n) is 2.91. The smallest absolute Gasteiger partial charge is 0.231 e. The van der Waals surface area contributed by atoms with Crippen LogP contribution in [0.25, 0.3) is 10.9 Å². The van der Waals surface area contributed by atoms with Gasteiger partial charge in [0.25, 0.3) is 0 Å². The van der Waals surface area contributed by atoms with Crippen molar-refractivity contribution in [3.8, 4) is 11.5 Å². The van der Waals surface area contributed by atoms with Crippen LogP contribution in [0.5, 0.6) is 11.5 Å². The van der Waals surface area contributed by atoms with E-state index >= 15 is 0 Å². The van der Waals surface area contributed by atoms with Crippen LogP contribution in [0.4, 0.5) is 11.5 Å². The number of hydrogen-bond acceptors (Lipinski definition) is 5. The minimum Gasteiger partial charge on any atom is -0.454 e. The number of ether oxygens (including phenoxy) is 2. The molecule has 0 amide bonds. The number of anilines is 2. The highest BCUT2D eigenvalue weighted by Crippen LogP contribution is 2.37. The van der Waals surface area contributed by atoms with Crippen molar-refractivity contribution in [2.75, 3.05) is 18.7 Å². The molecule has 5 nitrogen and oxygen atoms in total. The van der Waals surface area contributed by atoms with Gasteiger partial charge in [0.15, 0.2) is 11.5 Å². The van der Waals surface area contributed by atoms with Crippen molar-refractivity contribution < 1.29 is 9.47 Å². The Labute approximate surface area is 140 Å². The van der Waals surface area contributed by atoms with Crippen molar-refractivity contribution in [1.82, 2.24) is 9.97 Å². The fraction of sp³-hybridized carbons (Fsp3) is 0.263. The van der Waals surface area contributed by atoms with Crippen molar-refractivity contribution in [3.05, 3.63) is 48.3 Å². The standard InChI is InChI=1S/C19H19N3O2/c1-3-6-18-20-15-8-5-4-7-14(15)19(21-18)22(2)13-9-10-16-17(11-13)24-12-23-16/h4-5,7-11H,3,6,12H2,1-2H3. The molecule has 5 heteroatoms. The molecule has 3 aromatic rings. The molecule has 0 aliphatic carbocycles. The minimum absolute atomic E-state index is 0.277. The summed E-state index contributed by atoms with van der Waals surface area (Å²) in [4.78, 5) is 11.6. The zero-order chi connectivity index (χ0) is 16.5. The van der Waals surface area contributed by atoms with Crippen LogP contribution in [0, 0.1) is 0 Å². The van der Waals surface area contributed by atoms with E-state index in [1.807, 2.05) is 43.4 Å². The van der Waals surface area contributed by atoms with E-state index < -0.39 is 0 Å². The molecule has 1 aliphatic rings. The number of benzene rings is 2. The molecule has 0 saturated carbocycles. The van der Waals surface area contributed by atoms with E-state index in [4.69, 9.17) is 14.5 Å². The summed E-state index contributed by atoms with van der Waals surface area (Å²) in [5.74, 6) is 3.33. The van der Waals surface area contributed by atoms with Gasteiger partial charge in [0, 0.05) is 30.6 Å². The van der Waals surface area contributed by atoms with Gasteiger partial charge in [-0.3, -0.25) is 0 Å². The molecule has 1 aliphatic heterocycles. The topological polar surface area (TPSA) is 47.5 Å². The second-order valence-electron chi connectivity index (χ2n) is 5.83. The lowest BCUT2D eigenvalue weighted by Crippen LogP contribution is -2.13. The van der Waals surface area contributed by atoms with Crippen molar-refractivity contribution in [3.63, 3.8) is 0 Å². The Hall–Kier alpha value is -2.82. The van der Waals surface area contributed by atoms with Crippen LogP contribution in [-0.4, -0.2) is 23.8 Å². The van der Waals surface area contributed by atoms with Crippen molar-refractivity contribution >= 4 is 22.4 Å². The summed E-state index contributed by atoms with van der Waals surface area (Å²) in [6.07, 6.45) is 1.89. The van der Waals surface area contributed by atoms with E-state index in [1.165, 1.54) is 0 Å². The lowest BCUT2D eigenvalue weighted by molar-refractivity contribution is 0.174. The number of nitrogens with zero attached hydrogens (tertiary/aromatic N) is 3. The zero-order valence-electron chi connectivity index (χ0n) is 13.8. The van der Waals surface area contributed by atoms with Gasteiger partial charge in [0.1, 0.15) is 11.6 Å². The average molecular weight is 321 g/mol. The lowest BCUT2D eigenvalue weighted by Gasteiger charge is -2.21. The summed E-state index contributed by atoms with van der Waals surface area (Å²) in [5, 5.41) is 1.04. The van der Waals surface area contributed by atoms with Crippen molar-refractivity contribution in [2.45, 2.75) is 19.8 Å². The normalized spacial score (nSPS) is 12.6. The largest absolute Gasteiger partial charge is 0.454 e. The molecule has 2 aromatic carbocycles. The third kappa shape index (κ3) is 2.52. The molecule has 122 valence electrons. The number of rotatable bonds is 4. The maximum Gasteiger partial charge on any atom is 0.231 e. The summed E-state index contributed by atoms with van der Waals surface area (Å²) in [5.41, 5.74) is 1.98. The summed E-state index contributed by atoms with van der Waals surface area (Å²) >= 11 is 0. The van der Waals surface area contributed by atoms with Crippen LogP contribution >= 0.6 is 0 Å². The first kappa shape index (κ1) is 14.8. The molecule has 0 saturated heterocycles. The van der Waals surface area contributed by atoms with E-state index in [2.05, 4.69) is 22.9 Å². The number of aryl methyl sites for hydroxylation is 1. The predicted octanol–water partition coefficient (Wildman–Crippen LogP) is 4.08. The molecule has 0 fully saturated rings. The molecule has 0 atom stereocenters. The Bertz CT molecular complexity index is 895. The first-order valence-electron chi connectivity index (χ1n) is 8.15. The Morgan fingerprint density at radius 3 is 2.75 bits per heavy atom. The predicted molar refractivity (Wildman–Crippen MR) is 94.2 cm³/mol. The van der Waals surface area contributed by atoms with Gasteiger partial charge in [-0.15, -0.1) is 0 Å². The van der Waals surface area contributed by atoms with Gasteiger partial charge < -0.3 is 14.4 Å². The zero-order valence-corrected chi connectivity index (χ0v) is 13.8. The lowest BCUT2D eigenvalue weighted by atomic mass is 10.2. The Kier molecular flexibility index (Phi) is 3.69. The molecular weight excluding hydrogens is 302 g/mol. The third-order valence-electron chi connectivity index (χ3n) is 4.16. The van der Waals surface area contributed by atoms with Crippen molar-refractivity contribution in [2.24, 2.45) is 0 Å². The van der Waals surface area contributed by atoms with Gasteiger partial charge in [-0.05, 0) is 30.7 Å². The monoisotopic (exact) mass is 321 g/mol. The van der Waals surface area contributed by atoms with E-state index in [0.29, 0.717) is 0 Å². The molecule has 24 heavy (non-hydrogen) atoms. The molecule has 0 spiro atoms. The van der Waals surface area contributed by atoms with Gasteiger partial charge in [0.05, 0.1) is 5.52 Å². The second-order valence-corrected chi connectivity index (χ2v) is 5.83. The molecule has 0 radical (unpaired) electrons. The molecule has 0 N–H and O–H groups in total. The Balaban J connectivity index is 1.82. The summed E-state index contributed by atoms with van der Waals surface area (Å²) in [6, 6.07) is 14.1. The first-order chi connectivity index (χ1) is 11.8. The maximum absolute atomic E-state index is 5.49. The van der Waals surface area contributed by atoms with Crippen molar-refractivity contribution in [1.29, 1.82) is 0 Å². The summed E-state index contributed by atoms with van der Waals surface area (Å²) in [7, 11) is 2.02. The summed E-state index contributed by atoms with van der Waals surface area (Å²) < 4.78 is 10.9. The van der Waals surface area contributed by atoms with Crippen LogP contribution in [0.2, 0.25) is 0 Å². The van der Waals surface area contributed by atoms with Gasteiger partial charge in [-0.1, -0.05) is 19.1 Å². The van der Waals surface area contributed by atoms with E-state index in [1.54, 1.807) is 0 Å². The highest BCUT2D eigenvalue weighted by Gasteiger charge is 2.17. The number of aromatic nitrogens is 2. The highest BCUT2D eigenvalue weighted by molar-refractivity contribution is 5.91. The van der Waals surface area contributed by atoms with Crippen LogP contribution in [-0.2, 0) is 6.42 Å². The molecule has 0 unspecified atom stereocenters.